The van der Waals surface area contributed by atoms with Crippen LogP contribution in [0, 0.1) is 17.0 Å². The molecule has 2 aromatic rings. The molecule has 1 atom stereocenters. The fraction of sp³-hybridized carbons (Fsp3) is 0.333. The van der Waals surface area contributed by atoms with Crippen molar-refractivity contribution >= 4 is 40.5 Å². The maximum absolute atomic E-state index is 12.3. The summed E-state index contributed by atoms with van der Waals surface area (Å²) in [7, 11) is 0. The van der Waals surface area contributed by atoms with Crippen LogP contribution in [0.25, 0.3) is 0 Å². The van der Waals surface area contributed by atoms with Gasteiger partial charge in [0.1, 0.15) is 0 Å². The number of rotatable bonds is 3. The normalized spacial score (nSPS) is 16.0. The average Bonchev–Trinajstić information content (AvgIpc) is 2.87. The highest BCUT2D eigenvalue weighted by molar-refractivity contribution is 7.15. The number of nitro benzene ring substituents is 1. The number of nitro groups is 1. The van der Waals surface area contributed by atoms with Gasteiger partial charge < -0.3 is 5.73 Å². The van der Waals surface area contributed by atoms with E-state index in [0.717, 1.165) is 29.8 Å². The molecule has 0 bridgehead atoms. The number of hydrogen-bond acceptors (Lipinski definition) is 6. The minimum absolute atomic E-state index is 0. The molecule has 0 unspecified atom stereocenters. The van der Waals surface area contributed by atoms with Gasteiger partial charge in [0.15, 0.2) is 5.13 Å². The van der Waals surface area contributed by atoms with Crippen molar-refractivity contribution in [2.24, 2.45) is 5.73 Å². The van der Waals surface area contributed by atoms with Gasteiger partial charge in [0.25, 0.3) is 11.6 Å². The third-order valence-corrected chi connectivity index (χ3v) is 4.89. The van der Waals surface area contributed by atoms with Crippen molar-refractivity contribution in [1.29, 1.82) is 0 Å². The van der Waals surface area contributed by atoms with Crippen LogP contribution in [0.3, 0.4) is 0 Å². The number of thiazole rings is 1. The zero-order chi connectivity index (χ0) is 16.6. The van der Waals surface area contributed by atoms with Gasteiger partial charge in [-0.25, -0.2) is 4.98 Å². The second-order valence-electron chi connectivity index (χ2n) is 5.60. The minimum atomic E-state index is -0.463. The minimum Gasteiger partial charge on any atom is -0.327 e. The summed E-state index contributed by atoms with van der Waals surface area (Å²) < 4.78 is 0. The van der Waals surface area contributed by atoms with E-state index in [0.29, 0.717) is 16.3 Å². The zero-order valence-electron chi connectivity index (χ0n) is 12.9. The van der Waals surface area contributed by atoms with E-state index in [1.165, 1.54) is 29.5 Å². The van der Waals surface area contributed by atoms with Gasteiger partial charge >= 0.3 is 0 Å². The Morgan fingerprint density at radius 2 is 2.25 bits per heavy atom. The molecule has 1 aromatic heterocycles. The van der Waals surface area contributed by atoms with Gasteiger partial charge in [-0.15, -0.1) is 23.7 Å². The molecule has 24 heavy (non-hydrogen) atoms. The summed E-state index contributed by atoms with van der Waals surface area (Å²) in [6, 6.07) is 4.46. The Morgan fingerprint density at radius 1 is 1.50 bits per heavy atom. The highest BCUT2D eigenvalue weighted by atomic mass is 35.5. The molecule has 1 heterocycles. The molecule has 0 saturated carbocycles. The number of anilines is 1. The number of benzene rings is 1. The quantitative estimate of drug-likeness (QED) is 0.639. The number of carbonyl (C=O) groups is 1. The first-order chi connectivity index (χ1) is 10.9. The second-order valence-corrected chi connectivity index (χ2v) is 6.69. The lowest BCUT2D eigenvalue weighted by molar-refractivity contribution is -0.385. The van der Waals surface area contributed by atoms with Crippen molar-refractivity contribution in [3.63, 3.8) is 0 Å². The average molecular weight is 369 g/mol. The fourth-order valence-corrected chi connectivity index (χ4v) is 3.72. The van der Waals surface area contributed by atoms with E-state index >= 15 is 0 Å². The molecule has 128 valence electrons. The number of aryl methyl sites for hydroxylation is 2. The number of nitrogens with one attached hydrogen (secondary N) is 1. The van der Waals surface area contributed by atoms with E-state index in [2.05, 4.69) is 10.3 Å². The standard InChI is InChI=1S/C15H16N4O3S.ClH/c1-8-6-9(2-5-12(8)19(21)22)14(20)18-15-17-11-4-3-10(16)7-13(11)23-15;/h2,5-6,10H,3-4,7,16H2,1H3,(H,17,18,20);1H/t10-;/m0./s1. The summed E-state index contributed by atoms with van der Waals surface area (Å²) in [4.78, 5) is 28.2. The molecule has 0 fully saturated rings. The summed E-state index contributed by atoms with van der Waals surface area (Å²) >= 11 is 1.44. The molecule has 3 rings (SSSR count). The maximum Gasteiger partial charge on any atom is 0.272 e. The van der Waals surface area contributed by atoms with E-state index < -0.39 is 4.92 Å². The van der Waals surface area contributed by atoms with Crippen molar-refractivity contribution in [3.05, 3.63) is 50.0 Å². The number of amides is 1. The Hall–Kier alpha value is -2.03. The Morgan fingerprint density at radius 3 is 2.92 bits per heavy atom. The highest BCUT2D eigenvalue weighted by Crippen LogP contribution is 2.29. The number of nitrogens with two attached hydrogens (primary N) is 1. The molecule has 0 saturated heterocycles. The first-order valence-corrected chi connectivity index (χ1v) is 8.06. The van der Waals surface area contributed by atoms with Crippen LogP contribution in [0.2, 0.25) is 0 Å². The lowest BCUT2D eigenvalue weighted by atomic mass is 9.99. The van der Waals surface area contributed by atoms with Crippen LogP contribution < -0.4 is 11.1 Å². The molecule has 1 aromatic carbocycles. The van der Waals surface area contributed by atoms with Crippen LogP contribution in [0.5, 0.6) is 0 Å². The van der Waals surface area contributed by atoms with Crippen LogP contribution in [0.15, 0.2) is 18.2 Å². The van der Waals surface area contributed by atoms with Gasteiger partial charge in [-0.2, -0.15) is 0 Å². The molecule has 1 aliphatic rings. The van der Waals surface area contributed by atoms with E-state index in [9.17, 15) is 14.9 Å². The molecule has 0 aliphatic heterocycles. The largest absolute Gasteiger partial charge is 0.327 e. The number of aromatic nitrogens is 1. The second kappa shape index (κ2) is 7.25. The summed E-state index contributed by atoms with van der Waals surface area (Å²) in [5.41, 5.74) is 7.77. The van der Waals surface area contributed by atoms with Crippen molar-refractivity contribution < 1.29 is 9.72 Å². The number of hydrogen-bond donors (Lipinski definition) is 2. The Kier molecular flexibility index (Phi) is 5.53. The molecule has 7 nitrogen and oxygen atoms in total. The molecular weight excluding hydrogens is 352 g/mol. The van der Waals surface area contributed by atoms with Crippen LogP contribution in [0.1, 0.15) is 32.9 Å². The van der Waals surface area contributed by atoms with E-state index in [1.807, 2.05) is 0 Å². The fourth-order valence-electron chi connectivity index (χ4n) is 2.62. The Balaban J connectivity index is 0.00000208. The molecular formula is C15H17ClN4O3S. The van der Waals surface area contributed by atoms with E-state index in [1.54, 1.807) is 6.92 Å². The molecule has 0 radical (unpaired) electrons. The Labute approximate surface area is 148 Å². The van der Waals surface area contributed by atoms with Gasteiger partial charge in [-0.05, 0) is 38.3 Å². The molecule has 1 amide bonds. The number of carbonyl (C=O) groups excluding carboxylic acids is 1. The molecule has 0 spiro atoms. The third-order valence-electron chi connectivity index (χ3n) is 3.85. The number of fused-ring (bicyclic) bond motifs is 1. The summed E-state index contributed by atoms with van der Waals surface area (Å²) in [6.45, 7) is 1.61. The van der Waals surface area contributed by atoms with Gasteiger partial charge in [0.05, 0.1) is 10.6 Å². The first kappa shape index (κ1) is 18.3. The summed E-state index contributed by atoms with van der Waals surface area (Å²) in [5, 5.41) is 14.1. The van der Waals surface area contributed by atoms with Crippen molar-refractivity contribution in [1.82, 2.24) is 4.98 Å². The predicted molar refractivity (Wildman–Crippen MR) is 95.1 cm³/mol. The number of nitrogens with zero attached hydrogens (tertiary/aromatic N) is 2. The summed E-state index contributed by atoms with van der Waals surface area (Å²) in [5.74, 6) is -0.321. The number of halogens is 1. The van der Waals surface area contributed by atoms with Crippen molar-refractivity contribution in [3.8, 4) is 0 Å². The van der Waals surface area contributed by atoms with Crippen molar-refractivity contribution in [2.45, 2.75) is 32.2 Å². The van der Waals surface area contributed by atoms with Crippen molar-refractivity contribution in [2.75, 3.05) is 5.32 Å². The topological polar surface area (TPSA) is 111 Å². The lowest BCUT2D eigenvalue weighted by Crippen LogP contribution is -2.27. The third kappa shape index (κ3) is 3.72. The lowest BCUT2D eigenvalue weighted by Gasteiger charge is -2.15. The van der Waals surface area contributed by atoms with Gasteiger partial charge in [0.2, 0.25) is 0 Å². The predicted octanol–water partition coefficient (Wildman–Crippen LogP) is 2.85. The monoisotopic (exact) mass is 368 g/mol. The van der Waals surface area contributed by atoms with Gasteiger partial charge in [-0.1, -0.05) is 0 Å². The summed E-state index contributed by atoms with van der Waals surface area (Å²) in [6.07, 6.45) is 2.53. The zero-order valence-corrected chi connectivity index (χ0v) is 14.6. The van der Waals surface area contributed by atoms with E-state index in [-0.39, 0.29) is 30.0 Å². The van der Waals surface area contributed by atoms with E-state index in [4.69, 9.17) is 5.73 Å². The molecule has 1 aliphatic carbocycles. The molecule has 9 heteroatoms. The molecule has 3 N–H and O–H groups in total. The van der Waals surface area contributed by atoms with Crippen LogP contribution >= 0.6 is 23.7 Å². The smallest absolute Gasteiger partial charge is 0.272 e. The Bertz CT molecular complexity index is 793. The van der Waals surface area contributed by atoms with Gasteiger partial charge in [-0.3, -0.25) is 20.2 Å². The van der Waals surface area contributed by atoms with Crippen LogP contribution in [-0.4, -0.2) is 21.9 Å². The van der Waals surface area contributed by atoms with Crippen LogP contribution in [0.4, 0.5) is 10.8 Å². The SMILES string of the molecule is Cc1cc(C(=O)Nc2nc3c(s2)C[C@@H](N)CC3)ccc1[N+](=O)[O-].Cl. The van der Waals surface area contributed by atoms with Crippen LogP contribution in [-0.2, 0) is 12.8 Å². The first-order valence-electron chi connectivity index (χ1n) is 7.24. The maximum atomic E-state index is 12.3. The van der Waals surface area contributed by atoms with Gasteiger partial charge in [0, 0.05) is 28.1 Å². The highest BCUT2D eigenvalue weighted by Gasteiger charge is 2.21.